The van der Waals surface area contributed by atoms with E-state index >= 15 is 0 Å². The Labute approximate surface area is 193 Å². The van der Waals surface area contributed by atoms with E-state index in [0.717, 1.165) is 41.7 Å². The third-order valence-electron chi connectivity index (χ3n) is 6.05. The number of hydrogen-bond acceptors (Lipinski definition) is 4. The lowest BCUT2D eigenvalue weighted by molar-refractivity contribution is -0.127. The molecule has 0 aliphatic heterocycles. The van der Waals surface area contributed by atoms with Crippen molar-refractivity contribution in [2.75, 3.05) is 0 Å². The van der Waals surface area contributed by atoms with Gasteiger partial charge >= 0.3 is 0 Å². The van der Waals surface area contributed by atoms with Gasteiger partial charge in [0.05, 0.1) is 6.54 Å². The molecule has 1 atom stereocenters. The summed E-state index contributed by atoms with van der Waals surface area (Å²) in [6, 6.07) is 16.5. The summed E-state index contributed by atoms with van der Waals surface area (Å²) in [7, 11) is 0. The molecule has 32 heavy (non-hydrogen) atoms. The maximum absolute atomic E-state index is 13.7. The van der Waals surface area contributed by atoms with E-state index in [1.807, 2.05) is 48.7 Å². The predicted octanol–water partition coefficient (Wildman–Crippen LogP) is 5.28. The average Bonchev–Trinajstić information content (AvgIpc) is 3.34. The van der Waals surface area contributed by atoms with Gasteiger partial charge in [0.15, 0.2) is 0 Å². The van der Waals surface area contributed by atoms with Crippen LogP contribution in [0.25, 0.3) is 0 Å². The van der Waals surface area contributed by atoms with Gasteiger partial charge in [-0.2, -0.15) is 0 Å². The van der Waals surface area contributed by atoms with Crippen molar-refractivity contribution in [2.45, 2.75) is 57.7 Å². The second kappa shape index (κ2) is 10.6. The molecule has 0 bridgehead atoms. The van der Waals surface area contributed by atoms with Crippen molar-refractivity contribution in [3.8, 4) is 0 Å². The maximum Gasteiger partial charge on any atom is 0.273 e. The minimum absolute atomic E-state index is 0.118. The molecule has 1 N–H and O–H groups in total. The van der Waals surface area contributed by atoms with Gasteiger partial charge in [-0.05, 0) is 54.5 Å². The van der Waals surface area contributed by atoms with Gasteiger partial charge in [0, 0.05) is 17.1 Å². The van der Waals surface area contributed by atoms with Crippen LogP contribution in [0.4, 0.5) is 0 Å². The summed E-state index contributed by atoms with van der Waals surface area (Å²) in [5, 5.41) is 5.25. The number of amides is 2. The fourth-order valence-electron chi connectivity index (χ4n) is 4.36. The Bertz CT molecular complexity index is 1030. The van der Waals surface area contributed by atoms with E-state index in [9.17, 15) is 9.59 Å². The molecule has 0 unspecified atom stereocenters. The zero-order valence-electron chi connectivity index (χ0n) is 18.4. The molecule has 1 aliphatic carbocycles. The lowest BCUT2D eigenvalue weighted by Crippen LogP contribution is -2.47. The Kier molecular flexibility index (Phi) is 7.32. The number of nitrogens with one attached hydrogen (secondary N) is 1. The molecule has 3 aromatic rings. The molecular formula is C26H29N3O2S. The molecule has 0 radical (unpaired) electrons. The Morgan fingerprint density at radius 3 is 2.53 bits per heavy atom. The number of hydrogen-bond donors (Lipinski definition) is 1. The lowest BCUT2D eigenvalue weighted by Gasteiger charge is -2.33. The van der Waals surface area contributed by atoms with E-state index in [0.29, 0.717) is 12.2 Å². The van der Waals surface area contributed by atoms with Crippen LogP contribution in [0.5, 0.6) is 0 Å². The predicted molar refractivity (Wildman–Crippen MR) is 127 cm³/mol. The number of nitrogens with zero attached hydrogens (tertiary/aromatic N) is 2. The SMILES string of the molecule is Cc1ccccc1[C@@H](C(=O)NC1CCCCC1)N(Cc1cccs1)C(=O)c1ccccn1. The highest BCUT2D eigenvalue weighted by molar-refractivity contribution is 7.09. The summed E-state index contributed by atoms with van der Waals surface area (Å²) in [4.78, 5) is 34.4. The van der Waals surface area contributed by atoms with Gasteiger partial charge in [0.2, 0.25) is 5.91 Å². The van der Waals surface area contributed by atoms with Crippen molar-refractivity contribution in [1.29, 1.82) is 0 Å². The largest absolute Gasteiger partial charge is 0.351 e. The van der Waals surface area contributed by atoms with E-state index in [1.54, 1.807) is 40.6 Å². The monoisotopic (exact) mass is 447 g/mol. The molecule has 1 fully saturated rings. The van der Waals surface area contributed by atoms with E-state index in [4.69, 9.17) is 0 Å². The third kappa shape index (κ3) is 5.25. The summed E-state index contributed by atoms with van der Waals surface area (Å²) in [5.41, 5.74) is 2.18. The molecular weight excluding hydrogens is 418 g/mol. The topological polar surface area (TPSA) is 62.3 Å². The van der Waals surface area contributed by atoms with Crippen LogP contribution in [-0.2, 0) is 11.3 Å². The fraction of sp³-hybridized carbons (Fsp3) is 0.346. The van der Waals surface area contributed by atoms with Crippen LogP contribution in [0.3, 0.4) is 0 Å². The van der Waals surface area contributed by atoms with Crippen LogP contribution >= 0.6 is 11.3 Å². The highest BCUT2D eigenvalue weighted by Crippen LogP contribution is 2.29. The molecule has 1 aromatic carbocycles. The van der Waals surface area contributed by atoms with Crippen molar-refractivity contribution in [3.05, 3.63) is 87.9 Å². The Morgan fingerprint density at radius 2 is 1.84 bits per heavy atom. The fourth-order valence-corrected chi connectivity index (χ4v) is 5.06. The number of pyridine rings is 1. The van der Waals surface area contributed by atoms with Gasteiger partial charge in [-0.1, -0.05) is 55.7 Å². The van der Waals surface area contributed by atoms with Crippen LogP contribution < -0.4 is 5.32 Å². The Hall–Kier alpha value is -2.99. The van der Waals surface area contributed by atoms with E-state index in [-0.39, 0.29) is 17.9 Å². The van der Waals surface area contributed by atoms with Gasteiger partial charge < -0.3 is 10.2 Å². The third-order valence-corrected chi connectivity index (χ3v) is 6.91. The first-order valence-corrected chi connectivity index (χ1v) is 12.1. The van der Waals surface area contributed by atoms with Gasteiger partial charge in [-0.15, -0.1) is 11.3 Å². The zero-order chi connectivity index (χ0) is 22.3. The van der Waals surface area contributed by atoms with E-state index in [2.05, 4.69) is 10.3 Å². The first-order valence-electron chi connectivity index (χ1n) is 11.2. The van der Waals surface area contributed by atoms with Gasteiger partial charge in [-0.3, -0.25) is 14.6 Å². The average molecular weight is 448 g/mol. The first kappa shape index (κ1) is 22.2. The summed E-state index contributed by atoms with van der Waals surface area (Å²) in [6.45, 7) is 2.34. The normalized spacial score (nSPS) is 15.2. The summed E-state index contributed by atoms with van der Waals surface area (Å²) in [5.74, 6) is -0.363. The Morgan fingerprint density at radius 1 is 1.06 bits per heavy atom. The number of thiophene rings is 1. The molecule has 1 aliphatic rings. The molecule has 1 saturated carbocycles. The second-order valence-electron chi connectivity index (χ2n) is 8.33. The van der Waals surface area contributed by atoms with Gasteiger partial charge in [-0.25, -0.2) is 0 Å². The first-order chi connectivity index (χ1) is 15.6. The van der Waals surface area contributed by atoms with Crippen LogP contribution in [0.15, 0.2) is 66.2 Å². The lowest BCUT2D eigenvalue weighted by atomic mass is 9.94. The van der Waals surface area contributed by atoms with E-state index in [1.165, 1.54) is 6.42 Å². The molecule has 4 rings (SSSR count). The highest BCUT2D eigenvalue weighted by Gasteiger charge is 2.34. The molecule has 0 spiro atoms. The van der Waals surface area contributed by atoms with Crippen LogP contribution in [-0.4, -0.2) is 27.7 Å². The van der Waals surface area contributed by atoms with Gasteiger partial charge in [0.25, 0.3) is 5.91 Å². The number of carbonyl (C=O) groups is 2. The zero-order valence-corrected chi connectivity index (χ0v) is 19.2. The summed E-state index contributed by atoms with van der Waals surface area (Å²) in [6.07, 6.45) is 7.08. The molecule has 0 saturated heterocycles. The number of carbonyl (C=O) groups excluding carboxylic acids is 2. The molecule has 5 nitrogen and oxygen atoms in total. The number of aromatic nitrogens is 1. The summed E-state index contributed by atoms with van der Waals surface area (Å²) >= 11 is 1.58. The van der Waals surface area contributed by atoms with Crippen molar-refractivity contribution in [3.63, 3.8) is 0 Å². The van der Waals surface area contributed by atoms with Crippen LogP contribution in [0.1, 0.15) is 64.6 Å². The summed E-state index contributed by atoms with van der Waals surface area (Å²) < 4.78 is 0. The second-order valence-corrected chi connectivity index (χ2v) is 9.36. The van der Waals surface area contributed by atoms with Crippen molar-refractivity contribution < 1.29 is 9.59 Å². The quantitative estimate of drug-likeness (QED) is 0.536. The highest BCUT2D eigenvalue weighted by atomic mass is 32.1. The maximum atomic E-state index is 13.7. The van der Waals surface area contributed by atoms with Crippen LogP contribution in [0.2, 0.25) is 0 Å². The van der Waals surface area contributed by atoms with E-state index < -0.39 is 6.04 Å². The number of rotatable bonds is 7. The molecule has 166 valence electrons. The molecule has 6 heteroatoms. The minimum atomic E-state index is -0.727. The molecule has 2 aromatic heterocycles. The van der Waals surface area contributed by atoms with Crippen molar-refractivity contribution in [1.82, 2.24) is 15.2 Å². The molecule has 2 heterocycles. The van der Waals surface area contributed by atoms with Gasteiger partial charge in [0.1, 0.15) is 11.7 Å². The smallest absolute Gasteiger partial charge is 0.273 e. The van der Waals surface area contributed by atoms with Crippen LogP contribution in [0, 0.1) is 6.92 Å². The van der Waals surface area contributed by atoms with Crippen molar-refractivity contribution >= 4 is 23.2 Å². The van der Waals surface area contributed by atoms with Crippen molar-refractivity contribution in [2.24, 2.45) is 0 Å². The number of benzene rings is 1. The standard InChI is InChI=1S/C26H29N3O2S/c1-19-10-5-6-14-22(19)24(25(30)28-20-11-3-2-4-12-20)29(18-21-13-9-17-32-21)26(31)23-15-7-8-16-27-23/h5-10,13-17,20,24H,2-4,11-12,18H2,1H3,(H,28,30)/t24-/m0/s1. The molecule has 2 amide bonds. The minimum Gasteiger partial charge on any atom is -0.351 e. The Balaban J connectivity index is 1.73. The number of aryl methyl sites for hydroxylation is 1.